The highest BCUT2D eigenvalue weighted by Crippen LogP contribution is 2.27. The molecule has 0 bridgehead atoms. The van der Waals surface area contributed by atoms with E-state index in [0.717, 1.165) is 43.7 Å². The summed E-state index contributed by atoms with van der Waals surface area (Å²) in [7, 11) is 0. The summed E-state index contributed by atoms with van der Waals surface area (Å²) in [5.41, 5.74) is 5.12. The predicted molar refractivity (Wildman–Crippen MR) is 133 cm³/mol. The number of piperazine rings is 1. The molecule has 2 N–H and O–H groups in total. The van der Waals surface area contributed by atoms with Gasteiger partial charge in [0.2, 0.25) is 0 Å². The van der Waals surface area contributed by atoms with Gasteiger partial charge in [0.1, 0.15) is 5.75 Å². The zero-order valence-electron chi connectivity index (χ0n) is 19.4. The number of nitrogens with one attached hydrogen (secondary N) is 1. The molecule has 4 rings (SSSR count). The van der Waals surface area contributed by atoms with E-state index in [4.69, 9.17) is 0 Å². The first-order valence-electron chi connectivity index (χ1n) is 11.7. The average molecular weight is 445 g/mol. The summed E-state index contributed by atoms with van der Waals surface area (Å²) >= 11 is 0. The minimum Gasteiger partial charge on any atom is -0.506 e. The zero-order chi connectivity index (χ0) is 23.2. The van der Waals surface area contributed by atoms with E-state index in [0.29, 0.717) is 18.2 Å². The molecule has 1 atom stereocenters. The van der Waals surface area contributed by atoms with Gasteiger partial charge in [0.15, 0.2) is 0 Å². The Morgan fingerprint density at radius 3 is 2.33 bits per heavy atom. The molecule has 2 aromatic carbocycles. The number of anilines is 1. The molecule has 6 nitrogen and oxygen atoms in total. The van der Waals surface area contributed by atoms with Crippen LogP contribution < -0.4 is 10.2 Å². The van der Waals surface area contributed by atoms with Crippen LogP contribution in [-0.4, -0.2) is 53.6 Å². The average Bonchev–Trinajstić information content (AvgIpc) is 2.87. The lowest BCUT2D eigenvalue weighted by Crippen LogP contribution is -2.47. The first-order chi connectivity index (χ1) is 16.0. The molecule has 3 aromatic rings. The SMILES string of the molecule is CCCNC(=O)c1ccc(N2CCN(C(C)c3ccc(-c4cncc(O)c4)cc3)CC2)cc1. The Hall–Kier alpha value is -3.38. The second-order valence-corrected chi connectivity index (χ2v) is 8.56. The van der Waals surface area contributed by atoms with Crippen LogP contribution in [0.15, 0.2) is 67.0 Å². The molecule has 6 heteroatoms. The van der Waals surface area contributed by atoms with Gasteiger partial charge in [-0.1, -0.05) is 31.2 Å². The molecule has 1 unspecified atom stereocenters. The number of aromatic nitrogens is 1. The molecule has 172 valence electrons. The van der Waals surface area contributed by atoms with Gasteiger partial charge in [-0.3, -0.25) is 14.7 Å². The second-order valence-electron chi connectivity index (χ2n) is 8.56. The van der Waals surface area contributed by atoms with Crippen LogP contribution in [0, 0.1) is 0 Å². The fourth-order valence-electron chi connectivity index (χ4n) is 4.28. The van der Waals surface area contributed by atoms with Gasteiger partial charge >= 0.3 is 0 Å². The Labute approximate surface area is 195 Å². The lowest BCUT2D eigenvalue weighted by Gasteiger charge is -2.39. The Balaban J connectivity index is 1.33. The molecule has 1 aliphatic heterocycles. The van der Waals surface area contributed by atoms with E-state index >= 15 is 0 Å². The van der Waals surface area contributed by atoms with Gasteiger partial charge in [0.25, 0.3) is 5.91 Å². The van der Waals surface area contributed by atoms with Crippen LogP contribution in [0.3, 0.4) is 0 Å². The Bertz CT molecular complexity index is 1060. The monoisotopic (exact) mass is 444 g/mol. The number of pyridine rings is 1. The van der Waals surface area contributed by atoms with Crippen molar-refractivity contribution in [2.75, 3.05) is 37.6 Å². The highest BCUT2D eigenvalue weighted by Gasteiger charge is 2.22. The molecule has 33 heavy (non-hydrogen) atoms. The van der Waals surface area contributed by atoms with Crippen molar-refractivity contribution in [1.82, 2.24) is 15.2 Å². The standard InChI is InChI=1S/C27H32N4O2/c1-3-12-29-27(33)23-8-10-25(11-9-23)31-15-13-30(14-16-31)20(2)21-4-6-22(7-5-21)24-17-26(32)19-28-18-24/h4-11,17-20,32H,3,12-16H2,1-2H3,(H,29,33). The lowest BCUT2D eigenvalue weighted by atomic mass is 10.0. The third-order valence-electron chi connectivity index (χ3n) is 6.34. The van der Waals surface area contributed by atoms with Crippen LogP contribution in [0.25, 0.3) is 11.1 Å². The van der Waals surface area contributed by atoms with E-state index in [-0.39, 0.29) is 11.7 Å². The highest BCUT2D eigenvalue weighted by atomic mass is 16.3. The first kappa shape index (κ1) is 22.8. The molecule has 1 saturated heterocycles. The van der Waals surface area contributed by atoms with E-state index in [1.54, 1.807) is 12.3 Å². The molecule has 0 saturated carbocycles. The number of hydrogen-bond donors (Lipinski definition) is 2. The molecule has 0 radical (unpaired) electrons. The maximum Gasteiger partial charge on any atom is 0.251 e. The predicted octanol–water partition coefficient (Wildman–Crippen LogP) is 4.48. The lowest BCUT2D eigenvalue weighted by molar-refractivity contribution is 0.0953. The summed E-state index contributed by atoms with van der Waals surface area (Å²) in [5.74, 6) is 0.172. The summed E-state index contributed by atoms with van der Waals surface area (Å²) in [4.78, 5) is 21.1. The molecule has 1 amide bonds. The van der Waals surface area contributed by atoms with Crippen molar-refractivity contribution in [2.24, 2.45) is 0 Å². The zero-order valence-corrected chi connectivity index (χ0v) is 19.4. The molecule has 1 aliphatic rings. The molecule has 2 heterocycles. The Morgan fingerprint density at radius 2 is 1.70 bits per heavy atom. The Kier molecular flexibility index (Phi) is 7.25. The fraction of sp³-hybridized carbons (Fsp3) is 0.333. The van der Waals surface area contributed by atoms with Crippen molar-refractivity contribution < 1.29 is 9.90 Å². The van der Waals surface area contributed by atoms with Gasteiger partial charge in [-0.2, -0.15) is 0 Å². The van der Waals surface area contributed by atoms with E-state index in [2.05, 4.69) is 63.4 Å². The largest absolute Gasteiger partial charge is 0.506 e. The van der Waals surface area contributed by atoms with Crippen LogP contribution >= 0.6 is 0 Å². The maximum atomic E-state index is 12.1. The summed E-state index contributed by atoms with van der Waals surface area (Å²) in [6.45, 7) is 8.89. The van der Waals surface area contributed by atoms with E-state index in [1.807, 2.05) is 19.1 Å². The van der Waals surface area contributed by atoms with Crippen molar-refractivity contribution in [3.05, 3.63) is 78.1 Å². The van der Waals surface area contributed by atoms with E-state index in [9.17, 15) is 9.90 Å². The van der Waals surface area contributed by atoms with Crippen LogP contribution in [0.2, 0.25) is 0 Å². The molecular weight excluding hydrogens is 412 g/mol. The molecule has 1 fully saturated rings. The number of carbonyl (C=O) groups is 1. The summed E-state index contributed by atoms with van der Waals surface area (Å²) in [5, 5.41) is 12.6. The first-order valence-corrected chi connectivity index (χ1v) is 11.7. The van der Waals surface area contributed by atoms with Gasteiger partial charge < -0.3 is 15.3 Å². The maximum absolute atomic E-state index is 12.1. The van der Waals surface area contributed by atoms with Crippen molar-refractivity contribution in [1.29, 1.82) is 0 Å². The molecular formula is C27H32N4O2. The van der Waals surface area contributed by atoms with Gasteiger partial charge in [-0.15, -0.1) is 0 Å². The number of benzene rings is 2. The van der Waals surface area contributed by atoms with Crippen molar-refractivity contribution in [3.8, 4) is 16.9 Å². The second kappa shape index (κ2) is 10.5. The van der Waals surface area contributed by atoms with Crippen molar-refractivity contribution >= 4 is 11.6 Å². The van der Waals surface area contributed by atoms with Crippen LogP contribution in [0.5, 0.6) is 5.75 Å². The van der Waals surface area contributed by atoms with Gasteiger partial charge in [-0.05, 0) is 54.8 Å². The van der Waals surface area contributed by atoms with Crippen LogP contribution in [-0.2, 0) is 0 Å². The van der Waals surface area contributed by atoms with Crippen molar-refractivity contribution in [3.63, 3.8) is 0 Å². The highest BCUT2D eigenvalue weighted by molar-refractivity contribution is 5.94. The fourth-order valence-corrected chi connectivity index (χ4v) is 4.28. The van der Waals surface area contributed by atoms with Crippen LogP contribution in [0.4, 0.5) is 5.69 Å². The number of rotatable bonds is 7. The number of aromatic hydroxyl groups is 1. The van der Waals surface area contributed by atoms with Crippen LogP contribution in [0.1, 0.15) is 42.2 Å². The number of hydrogen-bond acceptors (Lipinski definition) is 5. The van der Waals surface area contributed by atoms with E-state index < -0.39 is 0 Å². The number of amides is 1. The van der Waals surface area contributed by atoms with Gasteiger partial charge in [0, 0.05) is 61.8 Å². The van der Waals surface area contributed by atoms with Gasteiger partial charge in [0.05, 0.1) is 6.20 Å². The summed E-state index contributed by atoms with van der Waals surface area (Å²) in [6.07, 6.45) is 4.14. The number of nitrogens with zero attached hydrogens (tertiary/aromatic N) is 3. The molecule has 1 aromatic heterocycles. The molecule has 0 spiro atoms. The quantitative estimate of drug-likeness (QED) is 0.563. The van der Waals surface area contributed by atoms with Gasteiger partial charge in [-0.25, -0.2) is 0 Å². The number of carbonyl (C=O) groups excluding carboxylic acids is 1. The third kappa shape index (κ3) is 5.52. The minimum atomic E-state index is -0.00612. The topological polar surface area (TPSA) is 68.7 Å². The van der Waals surface area contributed by atoms with E-state index in [1.165, 1.54) is 17.4 Å². The third-order valence-corrected chi connectivity index (χ3v) is 6.34. The Morgan fingerprint density at radius 1 is 1.00 bits per heavy atom. The minimum absolute atomic E-state index is 0.00612. The summed E-state index contributed by atoms with van der Waals surface area (Å²) in [6, 6.07) is 18.5. The van der Waals surface area contributed by atoms with Crippen molar-refractivity contribution in [2.45, 2.75) is 26.3 Å². The normalized spacial score (nSPS) is 15.3. The summed E-state index contributed by atoms with van der Waals surface area (Å²) < 4.78 is 0. The smallest absolute Gasteiger partial charge is 0.251 e. The molecule has 0 aliphatic carbocycles.